The number of piperazine rings is 1. The molecular formula is C26H32FN7O2. The summed E-state index contributed by atoms with van der Waals surface area (Å²) in [6.45, 7) is 5.67. The number of benzene rings is 1. The number of carbonyl (C=O) groups excluding carboxylic acids is 1. The van der Waals surface area contributed by atoms with Gasteiger partial charge in [0.05, 0.1) is 11.6 Å². The molecule has 2 saturated heterocycles. The lowest BCUT2D eigenvalue weighted by molar-refractivity contribution is -0.125. The number of nitrogens with one attached hydrogen (secondary N) is 1. The van der Waals surface area contributed by atoms with Crippen LogP contribution in [0.3, 0.4) is 0 Å². The van der Waals surface area contributed by atoms with Crippen LogP contribution in [0.5, 0.6) is 0 Å². The van der Waals surface area contributed by atoms with Crippen molar-refractivity contribution in [3.63, 3.8) is 0 Å². The van der Waals surface area contributed by atoms with Crippen LogP contribution < -0.4 is 20.7 Å². The van der Waals surface area contributed by atoms with E-state index >= 15 is 0 Å². The van der Waals surface area contributed by atoms with E-state index in [9.17, 15) is 14.0 Å². The smallest absolute Gasteiger partial charge is 0.294 e. The lowest BCUT2D eigenvalue weighted by atomic mass is 9.97. The Morgan fingerprint density at radius 1 is 1.08 bits per heavy atom. The quantitative estimate of drug-likeness (QED) is 0.559. The summed E-state index contributed by atoms with van der Waals surface area (Å²) in [7, 11) is 1.70. The molecule has 4 heterocycles. The van der Waals surface area contributed by atoms with Gasteiger partial charge < -0.3 is 15.1 Å². The lowest BCUT2D eigenvalue weighted by Gasteiger charge is -2.36. The number of hydrogen-bond donors (Lipinski definition) is 1. The predicted molar refractivity (Wildman–Crippen MR) is 138 cm³/mol. The van der Waals surface area contributed by atoms with Crippen LogP contribution in [-0.4, -0.2) is 77.7 Å². The highest BCUT2D eigenvalue weighted by atomic mass is 19.1. The number of pyridine rings is 1. The van der Waals surface area contributed by atoms with E-state index in [1.54, 1.807) is 25.4 Å². The number of nitrogens with zero attached hydrogens (tertiary/aromatic N) is 6. The second-order valence-corrected chi connectivity index (χ2v) is 9.50. The molecule has 1 atom stereocenters. The predicted octanol–water partition coefficient (Wildman–Crippen LogP) is 1.62. The molecule has 9 nitrogen and oxygen atoms in total. The van der Waals surface area contributed by atoms with Crippen LogP contribution in [0.25, 0.3) is 11.2 Å². The van der Waals surface area contributed by atoms with Gasteiger partial charge in [-0.05, 0) is 37.1 Å². The van der Waals surface area contributed by atoms with Crippen molar-refractivity contribution in [2.45, 2.75) is 12.8 Å². The summed E-state index contributed by atoms with van der Waals surface area (Å²) in [5.41, 5.74) is 1.67. The van der Waals surface area contributed by atoms with Gasteiger partial charge in [0.2, 0.25) is 5.91 Å². The van der Waals surface area contributed by atoms with Crippen LogP contribution in [0.15, 0.2) is 47.4 Å². The zero-order valence-corrected chi connectivity index (χ0v) is 20.6. The van der Waals surface area contributed by atoms with Gasteiger partial charge in [-0.25, -0.2) is 14.4 Å². The first-order valence-corrected chi connectivity index (χ1v) is 12.6. The largest absolute Gasteiger partial charge is 0.367 e. The fraction of sp³-hybridized carbons (Fsp3) is 0.462. The van der Waals surface area contributed by atoms with E-state index in [0.717, 1.165) is 45.6 Å². The molecule has 3 aromatic rings. The van der Waals surface area contributed by atoms with Crippen molar-refractivity contribution in [2.75, 3.05) is 62.2 Å². The highest BCUT2D eigenvalue weighted by Crippen LogP contribution is 2.22. The summed E-state index contributed by atoms with van der Waals surface area (Å²) in [6.07, 6.45) is 3.26. The molecule has 36 heavy (non-hydrogen) atoms. The molecule has 1 N–H and O–H groups in total. The number of piperidine rings is 1. The molecule has 1 unspecified atom stereocenters. The van der Waals surface area contributed by atoms with Gasteiger partial charge in [0.15, 0.2) is 11.5 Å². The maximum absolute atomic E-state index is 14.1. The van der Waals surface area contributed by atoms with Gasteiger partial charge in [0.25, 0.3) is 5.56 Å². The molecule has 0 spiro atoms. The molecule has 2 aliphatic heterocycles. The summed E-state index contributed by atoms with van der Waals surface area (Å²) in [6, 6.07) is 10.5. The summed E-state index contributed by atoms with van der Waals surface area (Å²) in [5, 5.41) is 3.08. The Morgan fingerprint density at radius 2 is 1.89 bits per heavy atom. The molecule has 1 aromatic carbocycles. The lowest BCUT2D eigenvalue weighted by Crippen LogP contribution is -2.50. The first kappa shape index (κ1) is 24.2. The third-order valence-corrected chi connectivity index (χ3v) is 7.19. The fourth-order valence-electron chi connectivity index (χ4n) is 5.13. The minimum atomic E-state index is -0.197. The van der Waals surface area contributed by atoms with Crippen molar-refractivity contribution in [1.82, 2.24) is 24.8 Å². The van der Waals surface area contributed by atoms with Crippen LogP contribution in [0.4, 0.5) is 15.9 Å². The number of para-hydroxylation sites is 1. The number of hydrogen-bond acceptors (Lipinski definition) is 7. The Morgan fingerprint density at radius 3 is 2.69 bits per heavy atom. The number of amides is 1. The number of aromatic nitrogens is 3. The van der Waals surface area contributed by atoms with Crippen molar-refractivity contribution in [1.29, 1.82) is 0 Å². The molecule has 2 aliphatic rings. The third-order valence-electron chi connectivity index (χ3n) is 7.19. The molecule has 2 fully saturated rings. The number of aryl methyl sites for hydroxylation is 1. The van der Waals surface area contributed by atoms with Gasteiger partial charge in [-0.15, -0.1) is 0 Å². The highest BCUT2D eigenvalue weighted by molar-refractivity contribution is 5.79. The molecule has 0 aliphatic carbocycles. The molecule has 190 valence electrons. The molecule has 0 saturated carbocycles. The number of fused-ring (bicyclic) bond motifs is 1. The molecule has 0 bridgehead atoms. The topological polar surface area (TPSA) is 86.6 Å². The normalized spacial score (nSPS) is 19.0. The van der Waals surface area contributed by atoms with Crippen molar-refractivity contribution in [3.05, 3.63) is 58.8 Å². The summed E-state index contributed by atoms with van der Waals surface area (Å²) >= 11 is 0. The van der Waals surface area contributed by atoms with E-state index in [0.29, 0.717) is 42.3 Å². The molecular weight excluding hydrogens is 461 g/mol. The Labute approximate surface area is 209 Å². The average molecular weight is 494 g/mol. The van der Waals surface area contributed by atoms with Gasteiger partial charge in [-0.3, -0.25) is 19.1 Å². The summed E-state index contributed by atoms with van der Waals surface area (Å²) < 4.78 is 15.6. The van der Waals surface area contributed by atoms with Gasteiger partial charge >= 0.3 is 0 Å². The SMILES string of the molecule is Cn1c(=O)c(N2CCCC(C(=O)NCCN3CCN(c4ccccc4F)CC3)C2)nc2cccnc21. The summed E-state index contributed by atoms with van der Waals surface area (Å²) in [4.78, 5) is 41.0. The van der Waals surface area contributed by atoms with Crippen LogP contribution >= 0.6 is 0 Å². The van der Waals surface area contributed by atoms with Gasteiger partial charge in [0, 0.05) is 65.6 Å². The first-order chi connectivity index (χ1) is 17.5. The first-order valence-electron chi connectivity index (χ1n) is 12.6. The van der Waals surface area contributed by atoms with E-state index in [1.165, 1.54) is 10.6 Å². The molecule has 2 aromatic heterocycles. The van der Waals surface area contributed by atoms with E-state index < -0.39 is 0 Å². The van der Waals surface area contributed by atoms with Gasteiger partial charge in [-0.1, -0.05) is 12.1 Å². The summed E-state index contributed by atoms with van der Waals surface area (Å²) in [5.74, 6) is 0.0214. The Kier molecular flexibility index (Phi) is 7.13. The van der Waals surface area contributed by atoms with Crippen LogP contribution in [-0.2, 0) is 11.8 Å². The van der Waals surface area contributed by atoms with Gasteiger partial charge in [-0.2, -0.15) is 0 Å². The Bertz CT molecular complexity index is 1290. The maximum Gasteiger partial charge on any atom is 0.294 e. The fourth-order valence-corrected chi connectivity index (χ4v) is 5.13. The Balaban J connectivity index is 1.13. The second-order valence-electron chi connectivity index (χ2n) is 9.50. The zero-order chi connectivity index (χ0) is 25.1. The van der Waals surface area contributed by atoms with Crippen molar-refractivity contribution in [2.24, 2.45) is 13.0 Å². The average Bonchev–Trinajstić information content (AvgIpc) is 2.91. The molecule has 5 rings (SSSR count). The van der Waals surface area contributed by atoms with E-state index in [4.69, 9.17) is 0 Å². The number of anilines is 2. The van der Waals surface area contributed by atoms with Crippen LogP contribution in [0.1, 0.15) is 12.8 Å². The second kappa shape index (κ2) is 10.6. The van der Waals surface area contributed by atoms with Crippen LogP contribution in [0.2, 0.25) is 0 Å². The highest BCUT2D eigenvalue weighted by Gasteiger charge is 2.28. The third kappa shape index (κ3) is 5.04. The Hall–Kier alpha value is -3.53. The van der Waals surface area contributed by atoms with Crippen molar-refractivity contribution < 1.29 is 9.18 Å². The minimum absolute atomic E-state index is 0.0176. The standard InChI is InChI=1S/C26H32FN7O2/c1-31-23-21(8-4-10-28-23)30-24(26(31)36)34-12-5-6-19(18-34)25(35)29-11-13-32-14-16-33(17-15-32)22-9-3-2-7-20(22)27/h2-4,7-10,19H,5-6,11-18H2,1H3,(H,29,35). The number of carbonyl (C=O) groups is 1. The number of rotatable bonds is 6. The minimum Gasteiger partial charge on any atom is -0.367 e. The molecule has 0 radical (unpaired) electrons. The molecule has 1 amide bonds. The van der Waals surface area contributed by atoms with E-state index in [-0.39, 0.29) is 23.2 Å². The van der Waals surface area contributed by atoms with Crippen molar-refractivity contribution in [3.8, 4) is 0 Å². The monoisotopic (exact) mass is 493 g/mol. The zero-order valence-electron chi connectivity index (χ0n) is 20.6. The number of halogens is 1. The van der Waals surface area contributed by atoms with E-state index in [2.05, 4.69) is 25.1 Å². The van der Waals surface area contributed by atoms with Gasteiger partial charge in [0.1, 0.15) is 11.3 Å². The molecule has 10 heteroatoms. The maximum atomic E-state index is 14.1. The van der Waals surface area contributed by atoms with E-state index in [1.807, 2.05) is 23.1 Å². The van der Waals surface area contributed by atoms with Crippen LogP contribution in [0, 0.1) is 11.7 Å². The van der Waals surface area contributed by atoms with Crippen molar-refractivity contribution >= 4 is 28.6 Å².